The second-order valence-corrected chi connectivity index (χ2v) is 4.87. The summed E-state index contributed by atoms with van der Waals surface area (Å²) < 4.78 is 5.82. The number of anilines is 1. The van der Waals surface area contributed by atoms with E-state index in [9.17, 15) is 4.79 Å². The first-order valence-corrected chi connectivity index (χ1v) is 6.39. The first-order chi connectivity index (χ1) is 8.58. The van der Waals surface area contributed by atoms with Crippen molar-refractivity contribution >= 4 is 11.6 Å². The highest BCUT2D eigenvalue weighted by atomic mass is 16.5. The third-order valence-electron chi connectivity index (χ3n) is 3.32. The van der Waals surface area contributed by atoms with Gasteiger partial charge in [-0.15, -0.1) is 0 Å². The molecule has 1 fully saturated rings. The third kappa shape index (κ3) is 2.75. The summed E-state index contributed by atoms with van der Waals surface area (Å²) in [6, 6.07) is 3.79. The smallest absolute Gasteiger partial charge is 0.261 e. The van der Waals surface area contributed by atoms with Gasteiger partial charge in [0.1, 0.15) is 5.75 Å². The van der Waals surface area contributed by atoms with Gasteiger partial charge in [0.25, 0.3) is 5.91 Å². The lowest BCUT2D eigenvalue weighted by Gasteiger charge is -2.18. The van der Waals surface area contributed by atoms with Crippen LogP contribution in [0.1, 0.15) is 30.4 Å². The van der Waals surface area contributed by atoms with E-state index in [2.05, 4.69) is 5.32 Å². The third-order valence-corrected chi connectivity index (χ3v) is 3.32. The number of rotatable bonds is 2. The number of aryl methyl sites for hydroxylation is 2. The Hall–Kier alpha value is -1.71. The number of amides is 1. The van der Waals surface area contributed by atoms with Crippen molar-refractivity contribution in [2.24, 2.45) is 0 Å². The van der Waals surface area contributed by atoms with Crippen LogP contribution < -0.4 is 15.8 Å². The van der Waals surface area contributed by atoms with E-state index in [1.54, 1.807) is 0 Å². The lowest BCUT2D eigenvalue weighted by molar-refractivity contribution is -0.127. The minimum atomic E-state index is -0.395. The van der Waals surface area contributed by atoms with E-state index < -0.39 is 6.10 Å². The number of nitrogens with two attached hydrogens (primary N) is 1. The van der Waals surface area contributed by atoms with Crippen LogP contribution in [0.2, 0.25) is 0 Å². The van der Waals surface area contributed by atoms with E-state index in [0.29, 0.717) is 11.4 Å². The van der Waals surface area contributed by atoms with E-state index in [0.717, 1.165) is 36.9 Å². The number of carbonyl (C=O) groups excluding carboxylic acids is 1. The lowest BCUT2D eigenvalue weighted by Crippen LogP contribution is -2.36. The molecule has 0 aromatic heterocycles. The zero-order valence-electron chi connectivity index (χ0n) is 11.0. The molecule has 1 heterocycles. The molecule has 0 aliphatic carbocycles. The summed E-state index contributed by atoms with van der Waals surface area (Å²) in [6.45, 7) is 4.68. The summed E-state index contributed by atoms with van der Waals surface area (Å²) in [5.41, 5.74) is 8.62. The molecule has 18 heavy (non-hydrogen) atoms. The topological polar surface area (TPSA) is 64.3 Å². The summed E-state index contributed by atoms with van der Waals surface area (Å²) in [6.07, 6.45) is 2.39. The molecule has 98 valence electrons. The van der Waals surface area contributed by atoms with Gasteiger partial charge in [-0.2, -0.15) is 0 Å². The highest BCUT2D eigenvalue weighted by Gasteiger charge is 2.23. The van der Waals surface area contributed by atoms with E-state index >= 15 is 0 Å². The fraction of sp³-hybridized carbons (Fsp3) is 0.500. The fourth-order valence-corrected chi connectivity index (χ4v) is 2.15. The molecule has 4 heteroatoms. The normalized spacial score (nSPS) is 20.1. The molecule has 1 unspecified atom stereocenters. The molecular weight excluding hydrogens is 228 g/mol. The highest BCUT2D eigenvalue weighted by molar-refractivity contribution is 5.81. The van der Waals surface area contributed by atoms with Gasteiger partial charge in [0, 0.05) is 18.3 Å². The average molecular weight is 248 g/mol. The maximum absolute atomic E-state index is 11.8. The van der Waals surface area contributed by atoms with E-state index in [4.69, 9.17) is 10.5 Å². The molecule has 0 spiro atoms. The molecule has 3 N–H and O–H groups in total. The Bertz CT molecular complexity index is 457. The van der Waals surface area contributed by atoms with Crippen LogP contribution in [0.4, 0.5) is 5.69 Å². The molecule has 1 aliphatic rings. The Morgan fingerprint density at radius 1 is 1.28 bits per heavy atom. The van der Waals surface area contributed by atoms with Crippen LogP contribution in [-0.4, -0.2) is 18.6 Å². The van der Waals surface area contributed by atoms with Crippen LogP contribution in [0.15, 0.2) is 12.1 Å². The predicted molar refractivity (Wildman–Crippen MR) is 71.6 cm³/mol. The fourth-order valence-electron chi connectivity index (χ4n) is 2.15. The SMILES string of the molecule is Cc1cc(C)c(OC2CCCCNC2=O)cc1N. The minimum absolute atomic E-state index is 0.0222. The predicted octanol–water partition coefficient (Wildman–Crippen LogP) is 1.93. The molecule has 1 aliphatic heterocycles. The standard InChI is InChI=1S/C14H20N2O2/c1-9-7-10(2)13(8-11(9)15)18-12-5-3-4-6-16-14(12)17/h7-8,12H,3-6,15H2,1-2H3,(H,16,17). The van der Waals surface area contributed by atoms with Gasteiger partial charge in [0.2, 0.25) is 0 Å². The Labute approximate surface area is 108 Å². The number of ether oxygens (including phenoxy) is 1. The quantitative estimate of drug-likeness (QED) is 0.786. The van der Waals surface area contributed by atoms with Gasteiger partial charge in [-0.3, -0.25) is 4.79 Å². The Balaban J connectivity index is 2.17. The number of nitrogen functional groups attached to an aromatic ring is 1. The average Bonchev–Trinajstić information content (AvgIpc) is 2.52. The number of nitrogens with one attached hydrogen (secondary N) is 1. The zero-order chi connectivity index (χ0) is 13.1. The molecule has 0 radical (unpaired) electrons. The maximum atomic E-state index is 11.8. The number of benzene rings is 1. The molecule has 1 amide bonds. The first-order valence-electron chi connectivity index (χ1n) is 6.39. The monoisotopic (exact) mass is 248 g/mol. The molecule has 0 bridgehead atoms. The summed E-state index contributed by atoms with van der Waals surface area (Å²) in [4.78, 5) is 11.8. The van der Waals surface area contributed by atoms with Crippen LogP contribution in [0, 0.1) is 13.8 Å². The summed E-state index contributed by atoms with van der Waals surface area (Å²) in [7, 11) is 0. The van der Waals surface area contributed by atoms with Gasteiger partial charge >= 0.3 is 0 Å². The van der Waals surface area contributed by atoms with E-state index in [1.807, 2.05) is 26.0 Å². The molecule has 1 atom stereocenters. The molecule has 1 saturated heterocycles. The van der Waals surface area contributed by atoms with Gasteiger partial charge in [-0.1, -0.05) is 6.07 Å². The number of hydrogen-bond donors (Lipinski definition) is 2. The second kappa shape index (κ2) is 5.29. The van der Waals surface area contributed by atoms with Gasteiger partial charge in [-0.25, -0.2) is 0 Å². The maximum Gasteiger partial charge on any atom is 0.261 e. The summed E-state index contributed by atoms with van der Waals surface area (Å²) >= 11 is 0. The molecule has 0 saturated carbocycles. The van der Waals surface area contributed by atoms with Crippen molar-refractivity contribution in [3.05, 3.63) is 23.3 Å². The van der Waals surface area contributed by atoms with Crippen LogP contribution in [0.3, 0.4) is 0 Å². The van der Waals surface area contributed by atoms with Gasteiger partial charge in [0.15, 0.2) is 6.10 Å². The minimum Gasteiger partial charge on any atom is -0.480 e. The van der Waals surface area contributed by atoms with Crippen LogP contribution in [0.5, 0.6) is 5.75 Å². The largest absolute Gasteiger partial charge is 0.480 e. The van der Waals surface area contributed by atoms with Crippen molar-refractivity contribution in [2.75, 3.05) is 12.3 Å². The Kier molecular flexibility index (Phi) is 3.75. The number of carbonyl (C=O) groups is 1. The summed E-state index contributed by atoms with van der Waals surface area (Å²) in [5.74, 6) is 0.686. The first kappa shape index (κ1) is 12.7. The van der Waals surface area contributed by atoms with Crippen molar-refractivity contribution in [3.8, 4) is 5.75 Å². The van der Waals surface area contributed by atoms with Gasteiger partial charge in [-0.05, 0) is 44.2 Å². The highest BCUT2D eigenvalue weighted by Crippen LogP contribution is 2.26. The molecule has 1 aromatic rings. The molecule has 2 rings (SSSR count). The second-order valence-electron chi connectivity index (χ2n) is 4.87. The van der Waals surface area contributed by atoms with E-state index in [-0.39, 0.29) is 5.91 Å². The molecule has 1 aromatic carbocycles. The van der Waals surface area contributed by atoms with Crippen molar-refractivity contribution in [3.63, 3.8) is 0 Å². The van der Waals surface area contributed by atoms with E-state index in [1.165, 1.54) is 0 Å². The van der Waals surface area contributed by atoms with Gasteiger partial charge < -0.3 is 15.8 Å². The van der Waals surface area contributed by atoms with Crippen molar-refractivity contribution in [2.45, 2.75) is 39.2 Å². The number of hydrogen-bond acceptors (Lipinski definition) is 3. The Morgan fingerprint density at radius 2 is 2.06 bits per heavy atom. The zero-order valence-corrected chi connectivity index (χ0v) is 11.0. The molecule has 4 nitrogen and oxygen atoms in total. The van der Waals surface area contributed by atoms with Crippen molar-refractivity contribution in [1.29, 1.82) is 0 Å². The van der Waals surface area contributed by atoms with Crippen LogP contribution >= 0.6 is 0 Å². The van der Waals surface area contributed by atoms with Crippen molar-refractivity contribution in [1.82, 2.24) is 5.32 Å². The molecular formula is C14H20N2O2. The summed E-state index contributed by atoms with van der Waals surface area (Å²) in [5, 5.41) is 2.87. The van der Waals surface area contributed by atoms with Crippen LogP contribution in [-0.2, 0) is 4.79 Å². The Morgan fingerprint density at radius 3 is 2.83 bits per heavy atom. The van der Waals surface area contributed by atoms with Crippen LogP contribution in [0.25, 0.3) is 0 Å². The van der Waals surface area contributed by atoms with Crippen molar-refractivity contribution < 1.29 is 9.53 Å². The lowest BCUT2D eigenvalue weighted by atomic mass is 10.1. The van der Waals surface area contributed by atoms with Gasteiger partial charge in [0.05, 0.1) is 0 Å².